The summed E-state index contributed by atoms with van der Waals surface area (Å²) < 4.78 is 40.6. The van der Waals surface area contributed by atoms with Gasteiger partial charge in [0.05, 0.1) is 6.04 Å². The zero-order chi connectivity index (χ0) is 15.6. The van der Waals surface area contributed by atoms with Crippen LogP contribution in [0, 0.1) is 31.3 Å². The number of halogens is 3. The molecule has 21 heavy (non-hydrogen) atoms. The summed E-state index contributed by atoms with van der Waals surface area (Å²) in [5.74, 6) is -2.97. The first-order chi connectivity index (χ1) is 9.92. The molecule has 4 heteroatoms. The number of hydrogen-bond acceptors (Lipinski definition) is 1. The van der Waals surface area contributed by atoms with Gasteiger partial charge in [-0.25, -0.2) is 13.2 Å². The van der Waals surface area contributed by atoms with Crippen molar-refractivity contribution in [2.24, 2.45) is 0 Å². The monoisotopic (exact) mass is 293 g/mol. The molecular weight excluding hydrogens is 275 g/mol. The lowest BCUT2D eigenvalue weighted by Crippen LogP contribution is -2.23. The van der Waals surface area contributed by atoms with Crippen LogP contribution in [0.2, 0.25) is 0 Å². The Morgan fingerprint density at radius 1 is 0.857 bits per heavy atom. The van der Waals surface area contributed by atoms with Gasteiger partial charge >= 0.3 is 0 Å². The maximum absolute atomic E-state index is 14.0. The fourth-order valence-corrected chi connectivity index (χ4v) is 2.55. The van der Waals surface area contributed by atoms with E-state index in [0.717, 1.165) is 22.8 Å². The van der Waals surface area contributed by atoms with Gasteiger partial charge in [-0.05, 0) is 32.0 Å². The van der Waals surface area contributed by atoms with Crippen LogP contribution in [0.5, 0.6) is 0 Å². The minimum absolute atomic E-state index is 0.112. The second-order valence-electron chi connectivity index (χ2n) is 5.20. The van der Waals surface area contributed by atoms with Crippen molar-refractivity contribution >= 4 is 0 Å². The van der Waals surface area contributed by atoms with E-state index in [-0.39, 0.29) is 5.56 Å². The minimum atomic E-state index is -1.17. The van der Waals surface area contributed by atoms with Crippen LogP contribution in [0.15, 0.2) is 30.3 Å². The first-order valence-corrected chi connectivity index (χ1v) is 6.88. The lowest BCUT2D eigenvalue weighted by Gasteiger charge is -2.21. The molecule has 0 aromatic heterocycles. The average Bonchev–Trinajstić information content (AvgIpc) is 2.39. The number of benzene rings is 2. The molecule has 2 rings (SSSR count). The molecule has 0 fully saturated rings. The lowest BCUT2D eigenvalue weighted by molar-refractivity contribution is 0.481. The molecular formula is C17H18F3N. The van der Waals surface area contributed by atoms with Crippen LogP contribution in [0.3, 0.4) is 0 Å². The Labute approximate surface area is 122 Å². The van der Waals surface area contributed by atoms with Gasteiger partial charge in [-0.15, -0.1) is 0 Å². The number of nitrogens with one attached hydrogen (secondary N) is 1. The third-order valence-corrected chi connectivity index (χ3v) is 3.34. The lowest BCUT2D eigenvalue weighted by atomic mass is 9.95. The zero-order valence-electron chi connectivity index (χ0n) is 12.3. The van der Waals surface area contributed by atoms with Crippen molar-refractivity contribution in [1.82, 2.24) is 5.32 Å². The van der Waals surface area contributed by atoms with E-state index >= 15 is 0 Å². The predicted molar refractivity (Wildman–Crippen MR) is 77.8 cm³/mol. The summed E-state index contributed by atoms with van der Waals surface area (Å²) in [5, 5.41) is 3.13. The SMILES string of the molecule is CCNC(c1cc(C)cc(C)c1)c1cc(F)c(F)cc1F. The zero-order valence-corrected chi connectivity index (χ0v) is 12.3. The van der Waals surface area contributed by atoms with Crippen LogP contribution in [0.1, 0.15) is 35.2 Å². The standard InChI is InChI=1S/C17H18F3N/c1-4-21-17(12-6-10(2)5-11(3)7-12)13-8-15(19)16(20)9-14(13)18/h5-9,17,21H,4H2,1-3H3. The van der Waals surface area contributed by atoms with Gasteiger partial charge < -0.3 is 5.32 Å². The molecule has 1 N–H and O–H groups in total. The molecule has 2 aromatic carbocycles. The number of rotatable bonds is 4. The maximum atomic E-state index is 14.0. The van der Waals surface area contributed by atoms with Crippen molar-refractivity contribution in [3.05, 3.63) is 70.0 Å². The molecule has 1 unspecified atom stereocenters. The van der Waals surface area contributed by atoms with Gasteiger partial charge in [0.1, 0.15) is 5.82 Å². The summed E-state index contributed by atoms with van der Waals surface area (Å²) >= 11 is 0. The molecule has 0 bridgehead atoms. The molecule has 1 nitrogen and oxygen atoms in total. The third-order valence-electron chi connectivity index (χ3n) is 3.34. The highest BCUT2D eigenvalue weighted by Gasteiger charge is 2.20. The predicted octanol–water partition coefficient (Wildman–Crippen LogP) is 4.42. The molecule has 0 radical (unpaired) electrons. The second kappa shape index (κ2) is 6.31. The second-order valence-corrected chi connectivity index (χ2v) is 5.20. The molecule has 0 aliphatic rings. The minimum Gasteiger partial charge on any atom is -0.306 e. The Kier molecular flexibility index (Phi) is 4.68. The van der Waals surface area contributed by atoms with Gasteiger partial charge in [0.2, 0.25) is 0 Å². The van der Waals surface area contributed by atoms with Gasteiger partial charge in [-0.1, -0.05) is 36.2 Å². The fraction of sp³-hybridized carbons (Fsp3) is 0.294. The molecule has 0 aliphatic carbocycles. The van der Waals surface area contributed by atoms with Crippen molar-refractivity contribution in [2.45, 2.75) is 26.8 Å². The Morgan fingerprint density at radius 3 is 2.00 bits per heavy atom. The molecule has 0 saturated carbocycles. The van der Waals surface area contributed by atoms with Crippen molar-refractivity contribution in [1.29, 1.82) is 0 Å². The summed E-state index contributed by atoms with van der Waals surface area (Å²) in [6.45, 7) is 6.35. The first kappa shape index (κ1) is 15.6. The summed E-state index contributed by atoms with van der Waals surface area (Å²) in [7, 11) is 0. The van der Waals surface area contributed by atoms with Gasteiger partial charge in [-0.3, -0.25) is 0 Å². The highest BCUT2D eigenvalue weighted by molar-refractivity contribution is 5.37. The molecule has 0 amide bonds. The van der Waals surface area contributed by atoms with E-state index < -0.39 is 23.5 Å². The van der Waals surface area contributed by atoms with Crippen molar-refractivity contribution in [3.8, 4) is 0 Å². The third kappa shape index (κ3) is 3.45. The summed E-state index contributed by atoms with van der Waals surface area (Å²) in [6, 6.07) is 6.85. The molecule has 0 heterocycles. The molecule has 112 valence electrons. The highest BCUT2D eigenvalue weighted by Crippen LogP contribution is 2.27. The van der Waals surface area contributed by atoms with E-state index in [1.165, 1.54) is 0 Å². The molecule has 0 spiro atoms. The van der Waals surface area contributed by atoms with E-state index in [0.29, 0.717) is 12.6 Å². The first-order valence-electron chi connectivity index (χ1n) is 6.88. The van der Waals surface area contributed by atoms with Crippen LogP contribution in [-0.4, -0.2) is 6.54 Å². The van der Waals surface area contributed by atoms with Gasteiger partial charge in [0.25, 0.3) is 0 Å². The molecule has 2 aromatic rings. The number of hydrogen-bond donors (Lipinski definition) is 1. The molecule has 0 saturated heterocycles. The van der Waals surface area contributed by atoms with Crippen LogP contribution in [0.4, 0.5) is 13.2 Å². The van der Waals surface area contributed by atoms with Crippen LogP contribution in [-0.2, 0) is 0 Å². The Hall–Kier alpha value is -1.81. The van der Waals surface area contributed by atoms with Crippen LogP contribution >= 0.6 is 0 Å². The van der Waals surface area contributed by atoms with Gasteiger partial charge in [-0.2, -0.15) is 0 Å². The number of aryl methyl sites for hydroxylation is 2. The van der Waals surface area contributed by atoms with Crippen molar-refractivity contribution in [3.63, 3.8) is 0 Å². The summed E-state index contributed by atoms with van der Waals surface area (Å²) in [4.78, 5) is 0. The van der Waals surface area contributed by atoms with Gasteiger partial charge in [0, 0.05) is 11.6 Å². The topological polar surface area (TPSA) is 12.0 Å². The Balaban J connectivity index is 2.55. The van der Waals surface area contributed by atoms with Crippen molar-refractivity contribution < 1.29 is 13.2 Å². The van der Waals surface area contributed by atoms with Gasteiger partial charge in [0.15, 0.2) is 11.6 Å². The quantitative estimate of drug-likeness (QED) is 0.823. The van der Waals surface area contributed by atoms with E-state index in [9.17, 15) is 13.2 Å². The highest BCUT2D eigenvalue weighted by atomic mass is 19.2. The summed E-state index contributed by atoms with van der Waals surface area (Å²) in [5.41, 5.74) is 3.02. The smallest absolute Gasteiger partial charge is 0.161 e. The van der Waals surface area contributed by atoms with E-state index in [1.807, 2.05) is 39.0 Å². The normalized spacial score (nSPS) is 12.5. The fourth-order valence-electron chi connectivity index (χ4n) is 2.55. The largest absolute Gasteiger partial charge is 0.306 e. The van der Waals surface area contributed by atoms with Crippen LogP contribution < -0.4 is 5.32 Å². The van der Waals surface area contributed by atoms with Crippen molar-refractivity contribution in [2.75, 3.05) is 6.54 Å². The maximum Gasteiger partial charge on any atom is 0.161 e. The van der Waals surface area contributed by atoms with E-state index in [4.69, 9.17) is 0 Å². The molecule has 1 atom stereocenters. The van der Waals surface area contributed by atoms with E-state index in [2.05, 4.69) is 5.32 Å². The summed E-state index contributed by atoms with van der Waals surface area (Å²) in [6.07, 6.45) is 0. The van der Waals surface area contributed by atoms with E-state index in [1.54, 1.807) is 0 Å². The average molecular weight is 293 g/mol. The Morgan fingerprint density at radius 2 is 1.43 bits per heavy atom. The Bertz CT molecular complexity index is 632. The molecule has 0 aliphatic heterocycles. The van der Waals surface area contributed by atoms with Crippen LogP contribution in [0.25, 0.3) is 0 Å².